The van der Waals surface area contributed by atoms with Crippen LogP contribution in [0.15, 0.2) is 55.8 Å². The molecule has 0 bridgehead atoms. The minimum Gasteiger partial charge on any atom is -0.508 e. The first-order valence-electron chi connectivity index (χ1n) is 9.95. The Bertz CT molecular complexity index is 1150. The van der Waals surface area contributed by atoms with Crippen LogP contribution in [0.4, 0.5) is 0 Å². The third-order valence-corrected chi connectivity index (χ3v) is 5.92. The lowest BCUT2D eigenvalue weighted by Gasteiger charge is -2.27. The Hall–Kier alpha value is -2.95. The van der Waals surface area contributed by atoms with E-state index in [0.717, 1.165) is 30.6 Å². The van der Waals surface area contributed by atoms with Gasteiger partial charge < -0.3 is 18.7 Å². The summed E-state index contributed by atoms with van der Waals surface area (Å²) in [5.41, 5.74) is 2.68. The molecule has 0 saturated heterocycles. The first-order chi connectivity index (χ1) is 13.8. The number of phenolic OH excluding ortho intramolecular Hbond substituents is 1. The van der Waals surface area contributed by atoms with Gasteiger partial charge in [0, 0.05) is 18.4 Å². The maximum atomic E-state index is 13.0. The number of aromatic hydroxyl groups is 1. The number of phenols is 1. The van der Waals surface area contributed by atoms with E-state index in [1.54, 1.807) is 12.3 Å². The monoisotopic (exact) mass is 394 g/mol. The highest BCUT2D eigenvalue weighted by atomic mass is 16.6. The molecule has 0 unspecified atom stereocenters. The van der Waals surface area contributed by atoms with Crippen molar-refractivity contribution in [2.45, 2.75) is 58.5 Å². The van der Waals surface area contributed by atoms with Crippen molar-refractivity contribution >= 4 is 11.0 Å². The van der Waals surface area contributed by atoms with Gasteiger partial charge in [-0.1, -0.05) is 18.6 Å². The van der Waals surface area contributed by atoms with Gasteiger partial charge in [0.05, 0.1) is 17.2 Å². The van der Waals surface area contributed by atoms with Gasteiger partial charge in [-0.05, 0) is 57.4 Å². The number of aryl methyl sites for hydroxylation is 1. The van der Waals surface area contributed by atoms with Crippen molar-refractivity contribution in [1.82, 2.24) is 0 Å². The zero-order valence-corrected chi connectivity index (χ0v) is 17.2. The molecule has 2 atom stereocenters. The summed E-state index contributed by atoms with van der Waals surface area (Å²) in [7, 11) is 0. The summed E-state index contributed by atoms with van der Waals surface area (Å²) in [6, 6.07) is 6.60. The number of rotatable bonds is 5. The quantitative estimate of drug-likeness (QED) is 0.568. The van der Waals surface area contributed by atoms with E-state index in [0.29, 0.717) is 16.5 Å². The first kappa shape index (κ1) is 19.4. The summed E-state index contributed by atoms with van der Waals surface area (Å²) < 4.78 is 17.5. The van der Waals surface area contributed by atoms with Crippen LogP contribution in [0.25, 0.3) is 11.0 Å². The van der Waals surface area contributed by atoms with Crippen LogP contribution >= 0.6 is 0 Å². The molecule has 1 aromatic carbocycles. The van der Waals surface area contributed by atoms with Gasteiger partial charge in [0.25, 0.3) is 5.95 Å². The van der Waals surface area contributed by atoms with Crippen molar-refractivity contribution in [3.05, 3.63) is 69.3 Å². The summed E-state index contributed by atoms with van der Waals surface area (Å²) in [4.78, 5) is 13.0. The van der Waals surface area contributed by atoms with Crippen molar-refractivity contribution < 1.29 is 18.7 Å². The molecule has 0 spiro atoms. The molecule has 1 aliphatic rings. The third kappa shape index (κ3) is 3.57. The zero-order chi connectivity index (χ0) is 20.8. The van der Waals surface area contributed by atoms with Crippen LogP contribution in [0.1, 0.15) is 56.4 Å². The molecule has 29 heavy (non-hydrogen) atoms. The Balaban J connectivity index is 1.52. The molecule has 0 aliphatic carbocycles. The molecule has 0 amide bonds. The van der Waals surface area contributed by atoms with Gasteiger partial charge in [-0.2, -0.15) is 0 Å². The maximum Gasteiger partial charge on any atom is 0.293 e. The molecule has 1 N–H and O–H groups in total. The SMILES string of the molecule is C/C(=C\CC[C@@]1(C)Oc2oc3cc(O)ccc3c(=O)c2[C@H]1C)Cc1cc(C)co1. The van der Waals surface area contributed by atoms with E-state index < -0.39 is 5.60 Å². The van der Waals surface area contributed by atoms with Crippen LogP contribution in [0.5, 0.6) is 11.7 Å². The van der Waals surface area contributed by atoms with Crippen molar-refractivity contribution in [2.75, 3.05) is 0 Å². The molecule has 0 saturated carbocycles. The summed E-state index contributed by atoms with van der Waals surface area (Å²) in [5.74, 6) is 1.20. The summed E-state index contributed by atoms with van der Waals surface area (Å²) >= 11 is 0. The van der Waals surface area contributed by atoms with E-state index >= 15 is 0 Å². The molecule has 2 aromatic heterocycles. The highest BCUT2D eigenvalue weighted by Gasteiger charge is 2.45. The molecule has 4 rings (SSSR count). The van der Waals surface area contributed by atoms with E-state index in [1.807, 2.05) is 20.8 Å². The standard InChI is InChI=1S/C24H26O5/c1-14(10-18-11-15(2)13-27-18)6-5-9-24(4)16(3)21-22(26)19-8-7-17(25)12-20(19)28-23(21)29-24/h6-8,11-13,16,25H,5,9-10H2,1-4H3/b14-6+/t16-,24-/m1/s1. The number of furan rings is 1. The normalized spacial score (nSPS) is 21.4. The minimum atomic E-state index is -0.525. The van der Waals surface area contributed by atoms with Crippen molar-refractivity contribution in [1.29, 1.82) is 0 Å². The second kappa shape index (κ2) is 7.14. The highest BCUT2D eigenvalue weighted by Crippen LogP contribution is 2.46. The Morgan fingerprint density at radius 1 is 1.31 bits per heavy atom. The Morgan fingerprint density at radius 2 is 2.10 bits per heavy atom. The Kier molecular flexibility index (Phi) is 4.77. The molecule has 0 radical (unpaired) electrons. The van der Waals surface area contributed by atoms with E-state index in [2.05, 4.69) is 19.1 Å². The third-order valence-electron chi connectivity index (χ3n) is 5.92. The second-order valence-corrected chi connectivity index (χ2v) is 8.31. The minimum absolute atomic E-state index is 0.0572. The van der Waals surface area contributed by atoms with Gasteiger partial charge in [0.15, 0.2) is 5.43 Å². The molecule has 5 heteroatoms. The predicted molar refractivity (Wildman–Crippen MR) is 112 cm³/mol. The lowest BCUT2D eigenvalue weighted by atomic mass is 9.83. The molecular formula is C24H26O5. The van der Waals surface area contributed by atoms with E-state index in [9.17, 15) is 9.90 Å². The Labute approximate surface area is 169 Å². The van der Waals surface area contributed by atoms with Crippen LogP contribution in [0.2, 0.25) is 0 Å². The molecule has 5 nitrogen and oxygen atoms in total. The molecular weight excluding hydrogens is 368 g/mol. The van der Waals surface area contributed by atoms with Crippen molar-refractivity contribution in [2.24, 2.45) is 0 Å². The average molecular weight is 394 g/mol. The van der Waals surface area contributed by atoms with E-state index in [-0.39, 0.29) is 23.0 Å². The highest BCUT2D eigenvalue weighted by molar-refractivity contribution is 5.79. The maximum absolute atomic E-state index is 13.0. The van der Waals surface area contributed by atoms with E-state index in [4.69, 9.17) is 13.6 Å². The number of benzene rings is 1. The van der Waals surface area contributed by atoms with Crippen LogP contribution in [0.3, 0.4) is 0 Å². The second-order valence-electron chi connectivity index (χ2n) is 8.31. The van der Waals surface area contributed by atoms with Crippen LogP contribution in [-0.2, 0) is 6.42 Å². The fourth-order valence-corrected chi connectivity index (χ4v) is 4.03. The summed E-state index contributed by atoms with van der Waals surface area (Å²) in [5, 5.41) is 10.1. The van der Waals surface area contributed by atoms with Gasteiger partial charge >= 0.3 is 0 Å². The molecule has 0 fully saturated rings. The predicted octanol–water partition coefficient (Wildman–Crippen LogP) is 5.62. The molecule has 152 valence electrons. The van der Waals surface area contributed by atoms with Gasteiger partial charge in [-0.25, -0.2) is 0 Å². The smallest absolute Gasteiger partial charge is 0.293 e. The van der Waals surface area contributed by atoms with Crippen LogP contribution in [0, 0.1) is 6.92 Å². The zero-order valence-electron chi connectivity index (χ0n) is 17.2. The summed E-state index contributed by atoms with van der Waals surface area (Å²) in [6.07, 6.45) is 6.34. The Morgan fingerprint density at radius 3 is 2.83 bits per heavy atom. The molecule has 1 aliphatic heterocycles. The van der Waals surface area contributed by atoms with Crippen molar-refractivity contribution in [3.8, 4) is 11.7 Å². The van der Waals surface area contributed by atoms with Crippen molar-refractivity contribution in [3.63, 3.8) is 0 Å². The van der Waals surface area contributed by atoms with Gasteiger partial charge in [0.1, 0.15) is 22.7 Å². The lowest BCUT2D eigenvalue weighted by molar-refractivity contribution is 0.0638. The molecule has 3 aromatic rings. The topological polar surface area (TPSA) is 72.8 Å². The van der Waals surface area contributed by atoms with Gasteiger partial charge in [-0.3, -0.25) is 4.79 Å². The largest absolute Gasteiger partial charge is 0.508 e. The van der Waals surface area contributed by atoms with Crippen LogP contribution < -0.4 is 10.2 Å². The number of hydrogen-bond donors (Lipinski definition) is 1. The van der Waals surface area contributed by atoms with Crippen LogP contribution in [-0.4, -0.2) is 10.7 Å². The number of ether oxygens (including phenoxy) is 1. The first-order valence-corrected chi connectivity index (χ1v) is 9.95. The van der Waals surface area contributed by atoms with E-state index in [1.165, 1.54) is 17.7 Å². The number of allylic oxidation sites excluding steroid dienone is 2. The van der Waals surface area contributed by atoms with Gasteiger partial charge in [0.2, 0.25) is 0 Å². The van der Waals surface area contributed by atoms with Gasteiger partial charge in [-0.15, -0.1) is 0 Å². The molecule has 3 heterocycles. The fraction of sp³-hybridized carbons (Fsp3) is 0.375. The summed E-state index contributed by atoms with van der Waals surface area (Å²) in [6.45, 7) is 8.15. The average Bonchev–Trinajstić information content (AvgIpc) is 3.16. The fourth-order valence-electron chi connectivity index (χ4n) is 4.03. The lowest BCUT2D eigenvalue weighted by Crippen LogP contribution is -2.33. The number of hydrogen-bond acceptors (Lipinski definition) is 5. The number of fused-ring (bicyclic) bond motifs is 2.